The van der Waals surface area contributed by atoms with Crippen molar-refractivity contribution in [1.82, 2.24) is 19.6 Å². The van der Waals surface area contributed by atoms with Gasteiger partial charge < -0.3 is 14.9 Å². The summed E-state index contributed by atoms with van der Waals surface area (Å²) in [5.41, 5.74) is 6.96. The summed E-state index contributed by atoms with van der Waals surface area (Å²) in [5.74, 6) is 1.59. The van der Waals surface area contributed by atoms with Crippen LogP contribution in [0.3, 0.4) is 0 Å². The first kappa shape index (κ1) is 25.3. The van der Waals surface area contributed by atoms with E-state index < -0.39 is 0 Å². The Morgan fingerprint density at radius 3 is 2.34 bits per heavy atom. The normalized spacial score (nSPS) is 14.9. The predicted octanol–water partition coefficient (Wildman–Crippen LogP) is 4.92. The molecule has 1 aromatic heterocycles. The fourth-order valence-corrected chi connectivity index (χ4v) is 4.90. The quantitative estimate of drug-likeness (QED) is 0.501. The van der Waals surface area contributed by atoms with Gasteiger partial charge in [-0.3, -0.25) is 4.90 Å². The lowest BCUT2D eigenvalue weighted by molar-refractivity contribution is 0.201. The number of aromatic nitrogens is 2. The zero-order chi connectivity index (χ0) is 25.1. The van der Waals surface area contributed by atoms with E-state index in [-0.39, 0.29) is 0 Å². The lowest BCUT2D eigenvalue weighted by Crippen LogP contribution is -2.45. The third-order valence-corrected chi connectivity index (χ3v) is 7.12. The maximum Gasteiger partial charge on any atom is 0.137 e. The van der Waals surface area contributed by atoms with Gasteiger partial charge >= 0.3 is 0 Å². The zero-order valence-corrected chi connectivity index (χ0v) is 22.3. The predicted molar refractivity (Wildman–Crippen MR) is 145 cm³/mol. The van der Waals surface area contributed by atoms with Crippen LogP contribution in [0.25, 0.3) is 5.69 Å². The van der Waals surface area contributed by atoms with Crippen LogP contribution in [0.4, 0.5) is 5.82 Å². The third kappa shape index (κ3) is 5.71. The first-order chi connectivity index (χ1) is 16.8. The maximum atomic E-state index is 10.5. The number of phenolic OH excluding ortho intramolecular Hbond substituents is 1. The van der Waals surface area contributed by atoms with Crippen LogP contribution in [0.15, 0.2) is 42.5 Å². The molecule has 188 valence electrons. The number of rotatable bonds is 8. The molecule has 2 aromatic carbocycles. The maximum absolute atomic E-state index is 10.5. The second-order valence-electron chi connectivity index (χ2n) is 10.3. The Hall–Kier alpha value is -2.83. The molecule has 6 heteroatoms. The van der Waals surface area contributed by atoms with Crippen molar-refractivity contribution in [3.63, 3.8) is 0 Å². The van der Waals surface area contributed by atoms with Gasteiger partial charge in [0.15, 0.2) is 0 Å². The summed E-state index contributed by atoms with van der Waals surface area (Å²) >= 11 is 0. The van der Waals surface area contributed by atoms with E-state index in [1.54, 1.807) is 0 Å². The molecular weight excluding hydrogens is 434 g/mol. The molecule has 0 aliphatic carbocycles. The van der Waals surface area contributed by atoms with E-state index in [1.807, 2.05) is 12.1 Å². The lowest BCUT2D eigenvalue weighted by Gasteiger charge is -2.35. The molecular formula is C29H41N5O. The SMILES string of the molecule is CCc1nn(-c2cccc(C)c2)c(N2CCN(C)CC2)c1CN(Cc1cc(C)ccc1O)C(C)C. The minimum absolute atomic E-state index is 0.322. The number of hydrogen-bond acceptors (Lipinski definition) is 5. The van der Waals surface area contributed by atoms with Gasteiger partial charge in [-0.25, -0.2) is 4.68 Å². The van der Waals surface area contributed by atoms with Crippen LogP contribution in [0, 0.1) is 13.8 Å². The first-order valence-electron chi connectivity index (χ1n) is 12.9. The minimum Gasteiger partial charge on any atom is -0.508 e. The number of anilines is 1. The standard InChI is InChI=1S/C29H41N5O/c1-7-27-26(20-33(21(2)3)19-24-17-23(5)11-12-28(24)35)29(32-15-13-31(6)14-16-32)34(30-27)25-10-8-9-22(4)18-25/h8-12,17-18,21,35H,7,13-16,19-20H2,1-6H3. The number of phenols is 1. The van der Waals surface area contributed by atoms with Gasteiger partial charge in [0.1, 0.15) is 11.6 Å². The summed E-state index contributed by atoms with van der Waals surface area (Å²) in [6.45, 7) is 16.5. The zero-order valence-electron chi connectivity index (χ0n) is 22.3. The number of hydrogen-bond donors (Lipinski definition) is 1. The molecule has 0 atom stereocenters. The highest BCUT2D eigenvalue weighted by atomic mass is 16.3. The summed E-state index contributed by atoms with van der Waals surface area (Å²) in [5, 5.41) is 15.7. The molecule has 0 unspecified atom stereocenters. The van der Waals surface area contributed by atoms with Crippen molar-refractivity contribution < 1.29 is 5.11 Å². The summed E-state index contributed by atoms with van der Waals surface area (Å²) in [4.78, 5) is 7.36. The monoisotopic (exact) mass is 475 g/mol. The molecule has 2 heterocycles. The van der Waals surface area contributed by atoms with Gasteiger partial charge in [-0.15, -0.1) is 0 Å². The first-order valence-corrected chi connectivity index (χ1v) is 12.9. The third-order valence-electron chi connectivity index (χ3n) is 7.12. The van der Waals surface area contributed by atoms with Crippen molar-refractivity contribution in [2.24, 2.45) is 0 Å². The second kappa shape index (κ2) is 10.8. The largest absolute Gasteiger partial charge is 0.508 e. The van der Waals surface area contributed by atoms with E-state index in [2.05, 4.69) is 91.4 Å². The second-order valence-corrected chi connectivity index (χ2v) is 10.3. The molecule has 0 amide bonds. The van der Waals surface area contributed by atoms with Crippen molar-refractivity contribution in [3.05, 3.63) is 70.4 Å². The number of piperazine rings is 1. The summed E-state index contributed by atoms with van der Waals surface area (Å²) in [6, 6.07) is 14.8. The fraction of sp³-hybridized carbons (Fsp3) is 0.483. The van der Waals surface area contributed by atoms with E-state index in [0.717, 1.165) is 56.1 Å². The van der Waals surface area contributed by atoms with Crippen molar-refractivity contribution >= 4 is 5.82 Å². The topological polar surface area (TPSA) is 47.8 Å². The van der Waals surface area contributed by atoms with Gasteiger partial charge in [-0.05, 0) is 64.9 Å². The minimum atomic E-state index is 0.322. The van der Waals surface area contributed by atoms with E-state index in [1.165, 1.54) is 22.5 Å². The average molecular weight is 476 g/mol. The van der Waals surface area contributed by atoms with Gasteiger partial charge in [-0.1, -0.05) is 36.8 Å². The van der Waals surface area contributed by atoms with Gasteiger partial charge in [-0.2, -0.15) is 5.10 Å². The van der Waals surface area contributed by atoms with Gasteiger partial charge in [0, 0.05) is 56.4 Å². The van der Waals surface area contributed by atoms with Gasteiger partial charge in [0.05, 0.1) is 11.4 Å². The number of benzene rings is 2. The molecule has 1 saturated heterocycles. The molecule has 1 fully saturated rings. The molecule has 4 rings (SSSR count). The summed E-state index contributed by atoms with van der Waals surface area (Å²) < 4.78 is 2.18. The number of likely N-dealkylation sites (N-methyl/N-ethyl adjacent to an activating group) is 1. The highest BCUT2D eigenvalue weighted by molar-refractivity contribution is 5.56. The lowest BCUT2D eigenvalue weighted by atomic mass is 10.1. The molecule has 1 aliphatic rings. The molecule has 0 radical (unpaired) electrons. The van der Waals surface area contributed by atoms with Crippen LogP contribution in [0.2, 0.25) is 0 Å². The van der Waals surface area contributed by atoms with E-state index in [0.29, 0.717) is 18.3 Å². The number of aryl methyl sites for hydroxylation is 3. The van der Waals surface area contributed by atoms with Crippen molar-refractivity contribution in [3.8, 4) is 11.4 Å². The van der Waals surface area contributed by atoms with E-state index in [9.17, 15) is 5.11 Å². The Labute approximate surface area is 210 Å². The fourth-order valence-electron chi connectivity index (χ4n) is 4.90. The van der Waals surface area contributed by atoms with Crippen LogP contribution in [0.1, 0.15) is 48.7 Å². The number of aromatic hydroxyl groups is 1. The molecule has 0 bridgehead atoms. The highest BCUT2D eigenvalue weighted by Gasteiger charge is 2.27. The van der Waals surface area contributed by atoms with E-state index >= 15 is 0 Å². The molecule has 1 aliphatic heterocycles. The van der Waals surface area contributed by atoms with Crippen LogP contribution in [-0.4, -0.2) is 64.0 Å². The van der Waals surface area contributed by atoms with Crippen LogP contribution >= 0.6 is 0 Å². The molecule has 1 N–H and O–H groups in total. The number of nitrogens with zero attached hydrogens (tertiary/aromatic N) is 5. The van der Waals surface area contributed by atoms with Crippen LogP contribution in [-0.2, 0) is 19.5 Å². The highest BCUT2D eigenvalue weighted by Crippen LogP contribution is 2.32. The van der Waals surface area contributed by atoms with Crippen LogP contribution in [0.5, 0.6) is 5.75 Å². The Morgan fingerprint density at radius 1 is 0.971 bits per heavy atom. The average Bonchev–Trinajstić information content (AvgIpc) is 3.19. The molecule has 6 nitrogen and oxygen atoms in total. The summed E-state index contributed by atoms with van der Waals surface area (Å²) in [7, 11) is 2.20. The Morgan fingerprint density at radius 2 is 1.69 bits per heavy atom. The van der Waals surface area contributed by atoms with Gasteiger partial charge in [0.2, 0.25) is 0 Å². The Bertz CT molecular complexity index is 1140. The van der Waals surface area contributed by atoms with Gasteiger partial charge in [0.25, 0.3) is 0 Å². The van der Waals surface area contributed by atoms with Crippen molar-refractivity contribution in [2.45, 2.75) is 60.2 Å². The molecule has 3 aromatic rings. The smallest absolute Gasteiger partial charge is 0.137 e. The Balaban J connectivity index is 1.77. The van der Waals surface area contributed by atoms with Crippen molar-refractivity contribution in [2.75, 3.05) is 38.1 Å². The molecule has 35 heavy (non-hydrogen) atoms. The molecule has 0 spiro atoms. The Kier molecular flexibility index (Phi) is 7.82. The van der Waals surface area contributed by atoms with Crippen LogP contribution < -0.4 is 4.90 Å². The molecule has 0 saturated carbocycles. The summed E-state index contributed by atoms with van der Waals surface area (Å²) in [6.07, 6.45) is 0.885. The van der Waals surface area contributed by atoms with E-state index in [4.69, 9.17) is 5.10 Å². The van der Waals surface area contributed by atoms with Crippen molar-refractivity contribution in [1.29, 1.82) is 0 Å².